The van der Waals surface area contributed by atoms with E-state index in [1.54, 1.807) is 35.4 Å². The molecular weight excluding hydrogens is 248 g/mol. The number of thiophene rings is 1. The van der Waals surface area contributed by atoms with Crippen LogP contribution in [-0.2, 0) is 13.2 Å². The average Bonchev–Trinajstić information content (AvgIpc) is 2.90. The summed E-state index contributed by atoms with van der Waals surface area (Å²) in [5.74, 6) is -0.0690. The highest BCUT2D eigenvalue weighted by Crippen LogP contribution is 2.13. The Kier molecular flexibility index (Phi) is 4.07. The molecule has 0 aromatic carbocycles. The summed E-state index contributed by atoms with van der Waals surface area (Å²) in [7, 11) is 1.76. The Balaban J connectivity index is 2.10. The zero-order valence-electron chi connectivity index (χ0n) is 10.0. The van der Waals surface area contributed by atoms with Crippen LogP contribution in [0, 0.1) is 0 Å². The Labute approximate surface area is 110 Å². The van der Waals surface area contributed by atoms with E-state index >= 15 is 0 Å². The molecule has 0 unspecified atom stereocenters. The normalized spacial score (nSPS) is 10.3. The smallest absolute Gasteiger partial charge is 0.254 e. The molecule has 2 aromatic heterocycles. The molecule has 0 aliphatic rings. The third-order valence-electron chi connectivity index (χ3n) is 2.55. The lowest BCUT2D eigenvalue weighted by molar-refractivity contribution is 0.0786. The van der Waals surface area contributed by atoms with Gasteiger partial charge in [0.25, 0.3) is 5.91 Å². The molecule has 2 aromatic rings. The Morgan fingerprint density at radius 3 is 3.00 bits per heavy atom. The van der Waals surface area contributed by atoms with E-state index in [2.05, 4.69) is 4.98 Å². The van der Waals surface area contributed by atoms with Crippen molar-refractivity contribution in [3.63, 3.8) is 0 Å². The highest BCUT2D eigenvalue weighted by molar-refractivity contribution is 7.09. The summed E-state index contributed by atoms with van der Waals surface area (Å²) in [6, 6.07) is 7.24. The van der Waals surface area contributed by atoms with Gasteiger partial charge in [-0.2, -0.15) is 0 Å². The lowest BCUT2D eigenvalue weighted by Crippen LogP contribution is -2.25. The maximum absolute atomic E-state index is 12.2. The molecule has 1 N–H and O–H groups in total. The summed E-state index contributed by atoms with van der Waals surface area (Å²) >= 11 is 1.63. The Morgan fingerprint density at radius 1 is 1.50 bits per heavy atom. The van der Waals surface area contributed by atoms with Gasteiger partial charge < -0.3 is 10.0 Å². The minimum atomic E-state index is -0.157. The number of hydrogen-bond acceptors (Lipinski definition) is 4. The molecule has 0 aliphatic heterocycles. The summed E-state index contributed by atoms with van der Waals surface area (Å²) in [6.07, 6.45) is 1.54. The van der Waals surface area contributed by atoms with Crippen molar-refractivity contribution in [2.45, 2.75) is 13.2 Å². The maximum Gasteiger partial charge on any atom is 0.254 e. The van der Waals surface area contributed by atoms with Gasteiger partial charge in [-0.3, -0.25) is 9.78 Å². The van der Waals surface area contributed by atoms with Gasteiger partial charge >= 0.3 is 0 Å². The summed E-state index contributed by atoms with van der Waals surface area (Å²) < 4.78 is 0. The van der Waals surface area contributed by atoms with Gasteiger partial charge in [0.05, 0.1) is 18.8 Å². The standard InChI is InChI=1S/C13H14N2O2S/c1-15(8-12-3-2-6-18-12)13(17)10-4-5-14-11(7-10)9-16/h2-7,16H,8-9H2,1H3. The molecule has 0 atom stereocenters. The molecule has 94 valence electrons. The number of hydrogen-bond donors (Lipinski definition) is 1. The van der Waals surface area contributed by atoms with Gasteiger partial charge in [0.15, 0.2) is 0 Å². The van der Waals surface area contributed by atoms with Crippen molar-refractivity contribution in [2.24, 2.45) is 0 Å². The number of aromatic nitrogens is 1. The quantitative estimate of drug-likeness (QED) is 0.915. The molecule has 0 aliphatic carbocycles. The van der Waals surface area contributed by atoms with Crippen LogP contribution in [0.4, 0.5) is 0 Å². The number of aliphatic hydroxyl groups is 1. The van der Waals surface area contributed by atoms with Crippen molar-refractivity contribution in [1.82, 2.24) is 9.88 Å². The van der Waals surface area contributed by atoms with Crippen molar-refractivity contribution < 1.29 is 9.90 Å². The molecule has 0 fully saturated rings. The van der Waals surface area contributed by atoms with E-state index in [1.165, 1.54) is 6.20 Å². The molecule has 0 saturated carbocycles. The summed E-state index contributed by atoms with van der Waals surface area (Å²) in [5, 5.41) is 11.0. The van der Waals surface area contributed by atoms with Crippen LogP contribution < -0.4 is 0 Å². The van der Waals surface area contributed by atoms with Crippen molar-refractivity contribution in [3.05, 3.63) is 52.0 Å². The predicted molar refractivity (Wildman–Crippen MR) is 70.3 cm³/mol. The molecule has 2 rings (SSSR count). The summed E-state index contributed by atoms with van der Waals surface area (Å²) in [5.41, 5.74) is 1.05. The van der Waals surface area contributed by atoms with E-state index in [-0.39, 0.29) is 12.5 Å². The number of nitrogens with zero attached hydrogens (tertiary/aromatic N) is 2. The van der Waals surface area contributed by atoms with Crippen LogP contribution >= 0.6 is 11.3 Å². The van der Waals surface area contributed by atoms with Crippen LogP contribution in [0.3, 0.4) is 0 Å². The predicted octanol–water partition coefficient (Wildman–Crippen LogP) is 1.91. The minimum Gasteiger partial charge on any atom is -0.390 e. The highest BCUT2D eigenvalue weighted by Gasteiger charge is 2.13. The monoisotopic (exact) mass is 262 g/mol. The van der Waals surface area contributed by atoms with E-state index < -0.39 is 0 Å². The van der Waals surface area contributed by atoms with Crippen molar-refractivity contribution in [2.75, 3.05) is 7.05 Å². The SMILES string of the molecule is CN(Cc1cccs1)C(=O)c1ccnc(CO)c1. The first-order valence-corrected chi connectivity index (χ1v) is 6.42. The molecule has 0 saturated heterocycles. The first-order valence-electron chi connectivity index (χ1n) is 5.54. The van der Waals surface area contributed by atoms with E-state index in [4.69, 9.17) is 5.11 Å². The third kappa shape index (κ3) is 2.94. The number of carbonyl (C=O) groups is 1. The zero-order chi connectivity index (χ0) is 13.0. The number of amides is 1. The van der Waals surface area contributed by atoms with E-state index in [0.717, 1.165) is 4.88 Å². The summed E-state index contributed by atoms with van der Waals surface area (Å²) in [6.45, 7) is 0.434. The lowest BCUT2D eigenvalue weighted by atomic mass is 10.2. The van der Waals surface area contributed by atoms with Crippen LogP contribution in [0.1, 0.15) is 20.9 Å². The largest absolute Gasteiger partial charge is 0.390 e. The van der Waals surface area contributed by atoms with Gasteiger partial charge in [0.1, 0.15) is 0 Å². The fourth-order valence-corrected chi connectivity index (χ4v) is 2.38. The Bertz CT molecular complexity index is 526. The number of aliphatic hydroxyl groups excluding tert-OH is 1. The van der Waals surface area contributed by atoms with Gasteiger partial charge in [0.2, 0.25) is 0 Å². The second-order valence-electron chi connectivity index (χ2n) is 3.93. The third-order valence-corrected chi connectivity index (χ3v) is 3.41. The second-order valence-corrected chi connectivity index (χ2v) is 4.97. The fourth-order valence-electron chi connectivity index (χ4n) is 1.63. The van der Waals surface area contributed by atoms with E-state index in [1.807, 2.05) is 17.5 Å². The van der Waals surface area contributed by atoms with Crippen LogP contribution in [0.2, 0.25) is 0 Å². The van der Waals surface area contributed by atoms with Gasteiger partial charge in [0, 0.05) is 23.7 Å². The number of carbonyl (C=O) groups excluding carboxylic acids is 1. The van der Waals surface area contributed by atoms with Gasteiger partial charge in [-0.15, -0.1) is 11.3 Å². The van der Waals surface area contributed by atoms with E-state index in [0.29, 0.717) is 17.8 Å². The molecule has 2 heterocycles. The molecule has 0 spiro atoms. The topological polar surface area (TPSA) is 53.4 Å². The van der Waals surface area contributed by atoms with Crippen LogP contribution in [0.15, 0.2) is 35.8 Å². The van der Waals surface area contributed by atoms with Crippen molar-refractivity contribution in [1.29, 1.82) is 0 Å². The Hall–Kier alpha value is -1.72. The first kappa shape index (κ1) is 12.7. The molecule has 0 radical (unpaired) electrons. The number of pyridine rings is 1. The highest BCUT2D eigenvalue weighted by atomic mass is 32.1. The van der Waals surface area contributed by atoms with Crippen molar-refractivity contribution in [3.8, 4) is 0 Å². The molecule has 0 bridgehead atoms. The van der Waals surface area contributed by atoms with Gasteiger partial charge in [-0.05, 0) is 23.6 Å². The van der Waals surface area contributed by atoms with Crippen LogP contribution in [0.5, 0.6) is 0 Å². The number of rotatable bonds is 4. The van der Waals surface area contributed by atoms with E-state index in [9.17, 15) is 4.79 Å². The minimum absolute atomic E-state index is 0.0690. The molecule has 1 amide bonds. The molecule has 18 heavy (non-hydrogen) atoms. The van der Waals surface area contributed by atoms with Crippen molar-refractivity contribution >= 4 is 17.2 Å². The average molecular weight is 262 g/mol. The lowest BCUT2D eigenvalue weighted by Gasteiger charge is -2.16. The molecule has 4 nitrogen and oxygen atoms in total. The molecule has 5 heteroatoms. The zero-order valence-corrected chi connectivity index (χ0v) is 10.9. The van der Waals surface area contributed by atoms with Crippen LogP contribution in [0.25, 0.3) is 0 Å². The van der Waals surface area contributed by atoms with Gasteiger partial charge in [-0.1, -0.05) is 6.07 Å². The van der Waals surface area contributed by atoms with Crippen LogP contribution in [-0.4, -0.2) is 27.9 Å². The fraction of sp³-hybridized carbons (Fsp3) is 0.231. The summed E-state index contributed by atoms with van der Waals surface area (Å²) in [4.78, 5) is 18.9. The molecular formula is C13H14N2O2S. The maximum atomic E-state index is 12.2. The first-order chi connectivity index (χ1) is 8.70. The van der Waals surface area contributed by atoms with Gasteiger partial charge in [-0.25, -0.2) is 0 Å². The Morgan fingerprint density at radius 2 is 2.33 bits per heavy atom. The second kappa shape index (κ2) is 5.75.